The van der Waals surface area contributed by atoms with E-state index in [0.29, 0.717) is 11.4 Å². The number of carbonyl (C=O) groups excluding carboxylic acids is 1. The molecule has 0 unspecified atom stereocenters. The summed E-state index contributed by atoms with van der Waals surface area (Å²) in [5.41, 5.74) is 3.82. The third-order valence-electron chi connectivity index (χ3n) is 2.49. The molecule has 106 valence electrons. The van der Waals surface area contributed by atoms with E-state index in [1.807, 2.05) is 18.2 Å². The standard InChI is InChI=1S/C14H12N4O3/c19-14(16-11-4-2-1-3-5-11)10-15-17-12-6-8-13(9-7-12)18(20)21/h1-10,17H,(H,16,19). The molecule has 2 aromatic carbocycles. The second kappa shape index (κ2) is 6.80. The number of rotatable bonds is 5. The highest BCUT2D eigenvalue weighted by atomic mass is 16.6. The number of hydrazone groups is 1. The molecule has 0 atom stereocenters. The molecule has 1 amide bonds. The molecule has 0 fully saturated rings. The maximum absolute atomic E-state index is 11.6. The number of nitro benzene ring substituents is 1. The van der Waals surface area contributed by atoms with Gasteiger partial charge < -0.3 is 5.32 Å². The largest absolute Gasteiger partial charge is 0.321 e. The minimum Gasteiger partial charge on any atom is -0.321 e. The topological polar surface area (TPSA) is 96.6 Å². The fraction of sp³-hybridized carbons (Fsp3) is 0. The summed E-state index contributed by atoms with van der Waals surface area (Å²) in [7, 11) is 0. The molecule has 2 aromatic rings. The first-order valence-corrected chi connectivity index (χ1v) is 6.05. The van der Waals surface area contributed by atoms with E-state index in [2.05, 4.69) is 15.8 Å². The number of benzene rings is 2. The number of carbonyl (C=O) groups is 1. The van der Waals surface area contributed by atoms with Gasteiger partial charge in [0.2, 0.25) is 0 Å². The molecule has 7 heteroatoms. The van der Waals surface area contributed by atoms with Crippen LogP contribution in [0, 0.1) is 10.1 Å². The van der Waals surface area contributed by atoms with Gasteiger partial charge in [0.15, 0.2) is 0 Å². The van der Waals surface area contributed by atoms with Crippen LogP contribution in [0.15, 0.2) is 59.7 Å². The predicted molar refractivity (Wildman–Crippen MR) is 80.3 cm³/mol. The van der Waals surface area contributed by atoms with Gasteiger partial charge >= 0.3 is 0 Å². The normalized spacial score (nSPS) is 10.3. The lowest BCUT2D eigenvalue weighted by molar-refractivity contribution is -0.384. The highest BCUT2D eigenvalue weighted by Gasteiger charge is 2.03. The van der Waals surface area contributed by atoms with Crippen LogP contribution in [-0.4, -0.2) is 17.0 Å². The number of hydrogen-bond donors (Lipinski definition) is 2. The van der Waals surface area contributed by atoms with Crippen molar-refractivity contribution < 1.29 is 9.72 Å². The summed E-state index contributed by atoms with van der Waals surface area (Å²) < 4.78 is 0. The third kappa shape index (κ3) is 4.43. The maximum Gasteiger partial charge on any atom is 0.269 e. The van der Waals surface area contributed by atoms with Gasteiger partial charge in [-0.1, -0.05) is 18.2 Å². The molecule has 0 aliphatic heterocycles. The van der Waals surface area contributed by atoms with Crippen molar-refractivity contribution in [1.29, 1.82) is 0 Å². The van der Waals surface area contributed by atoms with E-state index in [1.165, 1.54) is 24.3 Å². The summed E-state index contributed by atoms with van der Waals surface area (Å²) >= 11 is 0. The summed E-state index contributed by atoms with van der Waals surface area (Å²) in [6.45, 7) is 0. The van der Waals surface area contributed by atoms with Gasteiger partial charge in [0.1, 0.15) is 6.21 Å². The summed E-state index contributed by atoms with van der Waals surface area (Å²) in [6, 6.07) is 14.7. The number of anilines is 2. The van der Waals surface area contributed by atoms with Crippen LogP contribution in [0.2, 0.25) is 0 Å². The van der Waals surface area contributed by atoms with Crippen LogP contribution in [0.3, 0.4) is 0 Å². The highest BCUT2D eigenvalue weighted by Crippen LogP contribution is 2.15. The molecule has 0 aliphatic carbocycles. The van der Waals surface area contributed by atoms with Crippen molar-refractivity contribution in [2.75, 3.05) is 10.7 Å². The Bertz CT molecular complexity index is 654. The fourth-order valence-corrected chi connectivity index (χ4v) is 1.52. The van der Waals surface area contributed by atoms with E-state index in [4.69, 9.17) is 0 Å². The second-order valence-electron chi connectivity index (χ2n) is 4.03. The molecule has 2 rings (SSSR count). The molecule has 7 nitrogen and oxygen atoms in total. The summed E-state index contributed by atoms with van der Waals surface area (Å²) in [5, 5.41) is 16.9. The lowest BCUT2D eigenvalue weighted by atomic mass is 10.3. The Morgan fingerprint density at radius 3 is 2.33 bits per heavy atom. The average molecular weight is 284 g/mol. The number of nitrogens with zero attached hydrogens (tertiary/aromatic N) is 2. The van der Waals surface area contributed by atoms with E-state index in [0.717, 1.165) is 6.21 Å². The second-order valence-corrected chi connectivity index (χ2v) is 4.03. The summed E-state index contributed by atoms with van der Waals surface area (Å²) in [5.74, 6) is -0.379. The van der Waals surface area contributed by atoms with Crippen LogP contribution in [0.25, 0.3) is 0 Å². The molecule has 0 heterocycles. The molecule has 0 radical (unpaired) electrons. The van der Waals surface area contributed by atoms with Gasteiger partial charge in [-0.25, -0.2) is 0 Å². The van der Waals surface area contributed by atoms with Crippen molar-refractivity contribution in [2.45, 2.75) is 0 Å². The van der Waals surface area contributed by atoms with E-state index in [9.17, 15) is 14.9 Å². The molecule has 0 aromatic heterocycles. The van der Waals surface area contributed by atoms with Gasteiger partial charge in [-0.2, -0.15) is 5.10 Å². The number of para-hydroxylation sites is 1. The number of non-ortho nitro benzene ring substituents is 1. The number of amides is 1. The lowest BCUT2D eigenvalue weighted by Gasteiger charge is -2.01. The molecule has 0 aliphatic rings. The molecule has 0 saturated heterocycles. The molecule has 0 saturated carbocycles. The number of hydrogen-bond acceptors (Lipinski definition) is 5. The van der Waals surface area contributed by atoms with Crippen LogP contribution >= 0.6 is 0 Å². The van der Waals surface area contributed by atoms with Gasteiger partial charge in [0, 0.05) is 17.8 Å². The lowest BCUT2D eigenvalue weighted by Crippen LogP contribution is -2.13. The molecule has 2 N–H and O–H groups in total. The zero-order chi connectivity index (χ0) is 15.1. The first-order valence-electron chi connectivity index (χ1n) is 6.05. The fourth-order valence-electron chi connectivity index (χ4n) is 1.52. The Hall–Kier alpha value is -3.22. The van der Waals surface area contributed by atoms with Crippen molar-refractivity contribution in [3.05, 3.63) is 64.7 Å². The molecule has 0 bridgehead atoms. The monoisotopic (exact) mass is 284 g/mol. The first-order chi connectivity index (χ1) is 10.1. The van der Waals surface area contributed by atoms with Crippen LogP contribution < -0.4 is 10.7 Å². The SMILES string of the molecule is O=C(C=NNc1ccc([N+](=O)[O-])cc1)Nc1ccccc1. The van der Waals surface area contributed by atoms with Crippen molar-refractivity contribution in [3.8, 4) is 0 Å². The minimum atomic E-state index is -0.486. The van der Waals surface area contributed by atoms with Crippen molar-refractivity contribution in [3.63, 3.8) is 0 Å². The minimum absolute atomic E-state index is 0.00801. The van der Waals surface area contributed by atoms with Gasteiger partial charge in [-0.15, -0.1) is 0 Å². The average Bonchev–Trinajstić information content (AvgIpc) is 2.49. The van der Waals surface area contributed by atoms with Crippen LogP contribution in [0.1, 0.15) is 0 Å². The Morgan fingerprint density at radius 1 is 1.05 bits per heavy atom. The maximum atomic E-state index is 11.6. The third-order valence-corrected chi connectivity index (χ3v) is 2.49. The van der Waals surface area contributed by atoms with Crippen LogP contribution in [0.5, 0.6) is 0 Å². The molecule has 21 heavy (non-hydrogen) atoms. The molecule has 0 spiro atoms. The van der Waals surface area contributed by atoms with E-state index >= 15 is 0 Å². The van der Waals surface area contributed by atoms with Crippen molar-refractivity contribution in [2.24, 2.45) is 5.10 Å². The number of nitrogens with one attached hydrogen (secondary N) is 2. The van der Waals surface area contributed by atoms with Gasteiger partial charge in [-0.05, 0) is 24.3 Å². The Kier molecular flexibility index (Phi) is 4.60. The van der Waals surface area contributed by atoms with Gasteiger partial charge in [-0.3, -0.25) is 20.3 Å². The van der Waals surface area contributed by atoms with E-state index in [1.54, 1.807) is 12.1 Å². The Morgan fingerprint density at radius 2 is 1.71 bits per heavy atom. The highest BCUT2D eigenvalue weighted by molar-refractivity contribution is 6.31. The van der Waals surface area contributed by atoms with Crippen LogP contribution in [0.4, 0.5) is 17.1 Å². The van der Waals surface area contributed by atoms with Gasteiger partial charge in [0.05, 0.1) is 10.6 Å². The number of nitro groups is 1. The Balaban J connectivity index is 1.87. The zero-order valence-corrected chi connectivity index (χ0v) is 10.9. The first kappa shape index (κ1) is 14.2. The van der Waals surface area contributed by atoms with Gasteiger partial charge in [0.25, 0.3) is 11.6 Å². The molecular weight excluding hydrogens is 272 g/mol. The molecular formula is C14H12N4O3. The quantitative estimate of drug-likeness (QED) is 0.501. The van der Waals surface area contributed by atoms with Crippen molar-refractivity contribution in [1.82, 2.24) is 0 Å². The summed E-state index contributed by atoms with van der Waals surface area (Å²) in [4.78, 5) is 21.6. The van der Waals surface area contributed by atoms with E-state index in [-0.39, 0.29) is 11.6 Å². The van der Waals surface area contributed by atoms with Crippen LogP contribution in [-0.2, 0) is 4.79 Å². The predicted octanol–water partition coefficient (Wildman–Crippen LogP) is 2.63. The van der Waals surface area contributed by atoms with E-state index < -0.39 is 4.92 Å². The smallest absolute Gasteiger partial charge is 0.269 e. The van der Waals surface area contributed by atoms with Crippen molar-refractivity contribution >= 4 is 29.2 Å². The zero-order valence-electron chi connectivity index (χ0n) is 10.9. The summed E-state index contributed by atoms with van der Waals surface area (Å²) in [6.07, 6.45) is 1.09. The Labute approximate surface area is 120 Å².